The van der Waals surface area contributed by atoms with Crippen molar-refractivity contribution < 1.29 is 24.5 Å². The molecule has 0 atom stereocenters. The highest BCUT2D eigenvalue weighted by Gasteiger charge is 2.19. The minimum Gasteiger partial charge on any atom is -0.477 e. The summed E-state index contributed by atoms with van der Waals surface area (Å²) in [4.78, 5) is 40.9. The van der Waals surface area contributed by atoms with Gasteiger partial charge in [0.2, 0.25) is 0 Å². The van der Waals surface area contributed by atoms with Gasteiger partial charge in [0, 0.05) is 12.1 Å². The van der Waals surface area contributed by atoms with Gasteiger partial charge in [0.1, 0.15) is 11.1 Å². The molecule has 1 amide bonds. The lowest BCUT2D eigenvalue weighted by Gasteiger charge is -1.99. The first-order valence-electron chi connectivity index (χ1n) is 7.07. The monoisotopic (exact) mass is 361 g/mol. The summed E-state index contributed by atoms with van der Waals surface area (Å²) in [6.07, 6.45) is 0. The number of rotatable bonds is 4. The molecule has 0 radical (unpaired) electrons. The molecule has 0 fully saturated rings. The van der Waals surface area contributed by atoms with Gasteiger partial charge in [0.15, 0.2) is 0 Å². The van der Waals surface area contributed by atoms with Crippen molar-refractivity contribution >= 4 is 23.3 Å². The summed E-state index contributed by atoms with van der Waals surface area (Å²) >= 11 is 0. The van der Waals surface area contributed by atoms with Crippen LogP contribution in [0.3, 0.4) is 0 Å². The van der Waals surface area contributed by atoms with Gasteiger partial charge in [0.25, 0.3) is 17.3 Å². The predicted molar refractivity (Wildman–Crippen MR) is 91.1 cm³/mol. The Bertz CT molecular complexity index is 820. The van der Waals surface area contributed by atoms with E-state index in [0.29, 0.717) is 5.56 Å². The smallest absolute Gasteiger partial charge is 0.342 e. The fraction of sp³-hybridized carbons (Fsp3) is 0.125. The van der Waals surface area contributed by atoms with E-state index < -0.39 is 21.7 Å². The second-order valence-electron chi connectivity index (χ2n) is 5.22. The minimum atomic E-state index is -1.28. The number of hydrogen-bond acceptors (Lipinski definition) is 6. The van der Waals surface area contributed by atoms with Crippen molar-refractivity contribution in [3.05, 3.63) is 78.9 Å². The Hall–Kier alpha value is -3.82. The second-order valence-corrected chi connectivity index (χ2v) is 5.22. The van der Waals surface area contributed by atoms with Crippen LogP contribution in [-0.2, 0) is 0 Å². The molecule has 10 heteroatoms. The summed E-state index contributed by atoms with van der Waals surface area (Å²) in [5, 5.41) is 29.4. The molecule has 136 valence electrons. The number of amides is 1. The van der Waals surface area contributed by atoms with Crippen LogP contribution in [0.5, 0.6) is 0 Å². The SMILES string of the molecule is Cc1ccc([N+](=O)[O-])c(C(=O)O)c1.Cc1ccc([N+](=O)[O-])c(C(N)=O)c1. The van der Waals surface area contributed by atoms with E-state index in [-0.39, 0.29) is 22.5 Å². The first-order valence-corrected chi connectivity index (χ1v) is 7.07. The number of nitro groups is 2. The van der Waals surface area contributed by atoms with Gasteiger partial charge in [-0.25, -0.2) is 4.79 Å². The van der Waals surface area contributed by atoms with Gasteiger partial charge in [-0.3, -0.25) is 25.0 Å². The first-order chi connectivity index (χ1) is 12.0. The molecular weight excluding hydrogens is 346 g/mol. The van der Waals surface area contributed by atoms with Crippen LogP contribution in [-0.4, -0.2) is 26.8 Å². The number of aromatic carboxylic acids is 1. The number of carbonyl (C=O) groups excluding carboxylic acids is 1. The van der Waals surface area contributed by atoms with Gasteiger partial charge in [-0.15, -0.1) is 0 Å². The molecule has 0 aliphatic heterocycles. The van der Waals surface area contributed by atoms with Gasteiger partial charge in [-0.1, -0.05) is 12.1 Å². The highest BCUT2D eigenvalue weighted by molar-refractivity contribution is 5.97. The maximum atomic E-state index is 10.8. The van der Waals surface area contributed by atoms with E-state index in [0.717, 1.165) is 5.56 Å². The van der Waals surface area contributed by atoms with Gasteiger partial charge in [-0.05, 0) is 37.1 Å². The van der Waals surface area contributed by atoms with E-state index in [2.05, 4.69) is 0 Å². The maximum Gasteiger partial charge on any atom is 0.342 e. The molecule has 2 aromatic carbocycles. The molecule has 0 saturated heterocycles. The van der Waals surface area contributed by atoms with Gasteiger partial charge >= 0.3 is 5.97 Å². The molecular formula is C16H15N3O7. The van der Waals surface area contributed by atoms with Crippen LogP contribution in [0.1, 0.15) is 31.8 Å². The van der Waals surface area contributed by atoms with Crippen molar-refractivity contribution in [2.75, 3.05) is 0 Å². The molecule has 0 unspecified atom stereocenters. The van der Waals surface area contributed by atoms with Crippen molar-refractivity contribution in [2.45, 2.75) is 13.8 Å². The summed E-state index contributed by atoms with van der Waals surface area (Å²) in [6, 6.07) is 8.21. The van der Waals surface area contributed by atoms with Crippen molar-refractivity contribution in [2.24, 2.45) is 5.73 Å². The number of primary amides is 1. The molecule has 3 N–H and O–H groups in total. The Labute approximate surface area is 147 Å². The van der Waals surface area contributed by atoms with Gasteiger partial charge < -0.3 is 10.8 Å². The minimum absolute atomic E-state index is 0.0509. The Balaban J connectivity index is 0.000000260. The molecule has 0 aromatic heterocycles. The normalized spacial score (nSPS) is 9.62. The van der Waals surface area contributed by atoms with E-state index in [4.69, 9.17) is 10.8 Å². The molecule has 2 rings (SSSR count). The lowest BCUT2D eigenvalue weighted by atomic mass is 10.1. The number of carboxylic acid groups (broad SMARTS) is 1. The van der Waals surface area contributed by atoms with Crippen LogP contribution in [0, 0.1) is 34.1 Å². The maximum absolute atomic E-state index is 10.8. The number of nitro benzene ring substituents is 2. The lowest BCUT2D eigenvalue weighted by molar-refractivity contribution is -0.385. The molecule has 2 aromatic rings. The van der Waals surface area contributed by atoms with E-state index in [1.165, 1.54) is 30.3 Å². The number of carboxylic acids is 1. The summed E-state index contributed by atoms with van der Waals surface area (Å²) in [7, 11) is 0. The van der Waals surface area contributed by atoms with Gasteiger partial charge in [-0.2, -0.15) is 0 Å². The number of carbonyl (C=O) groups is 2. The Morgan fingerprint density at radius 3 is 1.62 bits per heavy atom. The zero-order chi connectivity index (χ0) is 20.0. The predicted octanol–water partition coefficient (Wildman–Crippen LogP) is 2.60. The fourth-order valence-electron chi connectivity index (χ4n) is 1.99. The zero-order valence-electron chi connectivity index (χ0n) is 13.8. The Morgan fingerprint density at radius 2 is 1.27 bits per heavy atom. The molecule has 0 spiro atoms. The van der Waals surface area contributed by atoms with Gasteiger partial charge in [0.05, 0.1) is 9.85 Å². The molecule has 26 heavy (non-hydrogen) atoms. The summed E-state index contributed by atoms with van der Waals surface area (Å²) in [6.45, 7) is 3.41. The van der Waals surface area contributed by atoms with E-state index in [9.17, 15) is 29.8 Å². The fourth-order valence-corrected chi connectivity index (χ4v) is 1.99. The number of hydrogen-bond donors (Lipinski definition) is 2. The van der Waals surface area contributed by atoms with Crippen LogP contribution in [0.4, 0.5) is 11.4 Å². The second kappa shape index (κ2) is 8.33. The Kier molecular flexibility index (Phi) is 6.48. The molecule has 0 aliphatic carbocycles. The summed E-state index contributed by atoms with van der Waals surface area (Å²) < 4.78 is 0. The largest absolute Gasteiger partial charge is 0.477 e. The van der Waals surface area contributed by atoms with Crippen LogP contribution in [0.2, 0.25) is 0 Å². The van der Waals surface area contributed by atoms with E-state index >= 15 is 0 Å². The van der Waals surface area contributed by atoms with Crippen LogP contribution >= 0.6 is 0 Å². The standard InChI is InChI=1S/C8H8N2O3.C8H7NO4/c1-5-2-3-7(10(12)13)6(4-5)8(9)11;1-5-2-3-7(9(12)13)6(4-5)8(10)11/h2-4H,1H3,(H2,9,11);2-4H,1H3,(H,10,11). The third-order valence-corrected chi connectivity index (χ3v) is 3.19. The molecule has 0 bridgehead atoms. The molecule has 0 aliphatic rings. The third kappa shape index (κ3) is 5.09. The average Bonchev–Trinajstić information content (AvgIpc) is 2.54. The first kappa shape index (κ1) is 20.2. The highest BCUT2D eigenvalue weighted by Crippen LogP contribution is 2.20. The average molecular weight is 361 g/mol. The molecule has 0 saturated carbocycles. The van der Waals surface area contributed by atoms with Crippen molar-refractivity contribution in [3.8, 4) is 0 Å². The quantitative estimate of drug-likeness (QED) is 0.623. The van der Waals surface area contributed by atoms with Crippen LogP contribution in [0.15, 0.2) is 36.4 Å². The summed E-state index contributed by atoms with van der Waals surface area (Å²) in [5.41, 5.74) is 5.47. The number of nitrogens with zero attached hydrogens (tertiary/aromatic N) is 2. The lowest BCUT2D eigenvalue weighted by Crippen LogP contribution is -2.13. The van der Waals surface area contributed by atoms with Crippen LogP contribution in [0.25, 0.3) is 0 Å². The Morgan fingerprint density at radius 1 is 0.885 bits per heavy atom. The number of nitrogens with two attached hydrogens (primary N) is 1. The third-order valence-electron chi connectivity index (χ3n) is 3.19. The zero-order valence-corrected chi connectivity index (χ0v) is 13.8. The van der Waals surface area contributed by atoms with Crippen molar-refractivity contribution in [3.63, 3.8) is 0 Å². The number of aryl methyl sites for hydroxylation is 2. The van der Waals surface area contributed by atoms with Crippen molar-refractivity contribution in [1.29, 1.82) is 0 Å². The summed E-state index contributed by atoms with van der Waals surface area (Å²) in [5.74, 6) is -2.06. The van der Waals surface area contributed by atoms with Crippen LogP contribution < -0.4 is 5.73 Å². The van der Waals surface area contributed by atoms with Crippen molar-refractivity contribution in [1.82, 2.24) is 0 Å². The molecule has 10 nitrogen and oxygen atoms in total. The molecule has 0 heterocycles. The topological polar surface area (TPSA) is 167 Å². The number of benzene rings is 2. The van der Waals surface area contributed by atoms with E-state index in [1.54, 1.807) is 19.9 Å². The highest BCUT2D eigenvalue weighted by atomic mass is 16.6. The van der Waals surface area contributed by atoms with E-state index in [1.807, 2.05) is 0 Å².